The Labute approximate surface area is 109 Å². The van der Waals surface area contributed by atoms with E-state index in [4.69, 9.17) is 0 Å². The third-order valence-corrected chi connectivity index (χ3v) is 4.21. The zero-order chi connectivity index (χ0) is 11.5. The maximum absolute atomic E-state index is 11.5. The maximum Gasteiger partial charge on any atom is 0.266 e. The van der Waals surface area contributed by atoms with E-state index in [2.05, 4.69) is 37.5 Å². The molecule has 1 aromatic heterocycles. The number of aromatic amines is 1. The zero-order valence-electron chi connectivity index (χ0n) is 9.37. The van der Waals surface area contributed by atoms with Crippen molar-refractivity contribution in [3.05, 3.63) is 20.3 Å². The Bertz CT molecular complexity index is 412. The SMILES string of the molecule is CN(c1nc[nH]c(=O)c1I)C1CCCCC1. The molecule has 1 aliphatic carbocycles. The number of hydrogen-bond donors (Lipinski definition) is 1. The Morgan fingerprint density at radius 1 is 1.44 bits per heavy atom. The number of H-pyrrole nitrogens is 1. The van der Waals surface area contributed by atoms with Crippen molar-refractivity contribution in [2.24, 2.45) is 0 Å². The van der Waals surface area contributed by atoms with Gasteiger partial charge in [0.2, 0.25) is 0 Å². The van der Waals surface area contributed by atoms with Crippen LogP contribution < -0.4 is 10.5 Å². The van der Waals surface area contributed by atoms with Crippen LogP contribution in [-0.4, -0.2) is 23.1 Å². The van der Waals surface area contributed by atoms with Crippen LogP contribution in [0.4, 0.5) is 5.82 Å². The fourth-order valence-electron chi connectivity index (χ4n) is 2.26. The lowest BCUT2D eigenvalue weighted by Crippen LogP contribution is -2.35. The molecule has 1 fully saturated rings. The van der Waals surface area contributed by atoms with Gasteiger partial charge < -0.3 is 9.88 Å². The number of aromatic nitrogens is 2. The van der Waals surface area contributed by atoms with E-state index in [1.807, 2.05) is 7.05 Å². The highest BCUT2D eigenvalue weighted by atomic mass is 127. The van der Waals surface area contributed by atoms with E-state index in [0.717, 1.165) is 5.82 Å². The third-order valence-electron chi connectivity index (χ3n) is 3.23. The summed E-state index contributed by atoms with van der Waals surface area (Å²) in [5, 5.41) is 0. The zero-order valence-corrected chi connectivity index (χ0v) is 11.5. The van der Waals surface area contributed by atoms with Gasteiger partial charge in [0, 0.05) is 13.1 Å². The number of nitrogens with one attached hydrogen (secondary N) is 1. The second-order valence-corrected chi connectivity index (χ2v) is 5.35. The van der Waals surface area contributed by atoms with E-state index in [1.165, 1.54) is 38.4 Å². The molecule has 0 saturated heterocycles. The molecule has 0 spiro atoms. The normalized spacial score (nSPS) is 17.4. The molecule has 0 radical (unpaired) electrons. The molecule has 1 aliphatic rings. The monoisotopic (exact) mass is 333 g/mol. The third kappa shape index (κ3) is 2.39. The van der Waals surface area contributed by atoms with Crippen molar-refractivity contribution in [3.63, 3.8) is 0 Å². The molecule has 2 rings (SSSR count). The van der Waals surface area contributed by atoms with E-state index in [1.54, 1.807) is 0 Å². The van der Waals surface area contributed by atoms with Crippen LogP contribution in [0.1, 0.15) is 32.1 Å². The van der Waals surface area contributed by atoms with Gasteiger partial charge >= 0.3 is 0 Å². The van der Waals surface area contributed by atoms with E-state index < -0.39 is 0 Å². The lowest BCUT2D eigenvalue weighted by molar-refractivity contribution is 0.425. The predicted molar refractivity (Wildman–Crippen MR) is 72.9 cm³/mol. The molecular weight excluding hydrogens is 317 g/mol. The Morgan fingerprint density at radius 2 is 2.12 bits per heavy atom. The van der Waals surface area contributed by atoms with Gasteiger partial charge in [-0.25, -0.2) is 4.98 Å². The molecule has 1 aromatic rings. The van der Waals surface area contributed by atoms with Crippen molar-refractivity contribution in [2.75, 3.05) is 11.9 Å². The minimum Gasteiger partial charge on any atom is -0.356 e. The second kappa shape index (κ2) is 5.16. The second-order valence-electron chi connectivity index (χ2n) is 4.27. The van der Waals surface area contributed by atoms with Gasteiger partial charge in [-0.15, -0.1) is 0 Å². The van der Waals surface area contributed by atoms with Crippen LogP contribution in [-0.2, 0) is 0 Å². The standard InChI is InChI=1S/C11H16IN3O/c1-15(8-5-3-2-4-6-8)10-9(12)11(16)14-7-13-10/h7-8H,2-6H2,1H3,(H,13,14,16). The molecular formula is C11H16IN3O. The van der Waals surface area contributed by atoms with Gasteiger partial charge in [0.25, 0.3) is 5.56 Å². The van der Waals surface area contributed by atoms with E-state index in [9.17, 15) is 4.79 Å². The number of anilines is 1. The molecule has 0 unspecified atom stereocenters. The Morgan fingerprint density at radius 3 is 2.81 bits per heavy atom. The van der Waals surface area contributed by atoms with Crippen molar-refractivity contribution < 1.29 is 0 Å². The lowest BCUT2D eigenvalue weighted by atomic mass is 9.94. The topological polar surface area (TPSA) is 49.0 Å². The minimum atomic E-state index is -0.0479. The Balaban J connectivity index is 2.22. The smallest absolute Gasteiger partial charge is 0.266 e. The van der Waals surface area contributed by atoms with Crippen molar-refractivity contribution in [2.45, 2.75) is 38.1 Å². The summed E-state index contributed by atoms with van der Waals surface area (Å²) in [4.78, 5) is 20.5. The molecule has 1 heterocycles. The molecule has 88 valence electrons. The number of rotatable bonds is 2. The van der Waals surface area contributed by atoms with Crippen LogP contribution in [0.3, 0.4) is 0 Å². The molecule has 0 amide bonds. The fourth-order valence-corrected chi connectivity index (χ4v) is 2.94. The average molecular weight is 333 g/mol. The molecule has 1 saturated carbocycles. The van der Waals surface area contributed by atoms with E-state index in [0.29, 0.717) is 9.61 Å². The summed E-state index contributed by atoms with van der Waals surface area (Å²) in [5.41, 5.74) is -0.0479. The summed E-state index contributed by atoms with van der Waals surface area (Å²) >= 11 is 2.07. The van der Waals surface area contributed by atoms with Crippen LogP contribution in [0.5, 0.6) is 0 Å². The van der Waals surface area contributed by atoms with Crippen LogP contribution in [0.2, 0.25) is 0 Å². The first kappa shape index (κ1) is 11.9. The summed E-state index contributed by atoms with van der Waals surface area (Å²) in [6.45, 7) is 0. The van der Waals surface area contributed by atoms with Crippen LogP contribution in [0.15, 0.2) is 11.1 Å². The largest absolute Gasteiger partial charge is 0.356 e. The average Bonchev–Trinajstić information content (AvgIpc) is 2.33. The summed E-state index contributed by atoms with van der Waals surface area (Å²) in [6.07, 6.45) is 7.81. The van der Waals surface area contributed by atoms with E-state index >= 15 is 0 Å². The van der Waals surface area contributed by atoms with Gasteiger partial charge in [-0.2, -0.15) is 0 Å². The number of hydrogen-bond acceptors (Lipinski definition) is 3. The molecule has 1 N–H and O–H groups in total. The quantitative estimate of drug-likeness (QED) is 0.844. The van der Waals surface area contributed by atoms with Crippen LogP contribution >= 0.6 is 22.6 Å². The first-order valence-corrected chi connectivity index (χ1v) is 6.74. The van der Waals surface area contributed by atoms with Crippen molar-refractivity contribution in [1.82, 2.24) is 9.97 Å². The summed E-state index contributed by atoms with van der Waals surface area (Å²) in [6, 6.07) is 0.538. The summed E-state index contributed by atoms with van der Waals surface area (Å²) in [7, 11) is 2.04. The Hall–Kier alpha value is -0.590. The van der Waals surface area contributed by atoms with E-state index in [-0.39, 0.29) is 5.56 Å². The van der Waals surface area contributed by atoms with Crippen molar-refractivity contribution in [3.8, 4) is 0 Å². The van der Waals surface area contributed by atoms with Gasteiger partial charge in [0.1, 0.15) is 9.39 Å². The highest BCUT2D eigenvalue weighted by Crippen LogP contribution is 2.26. The van der Waals surface area contributed by atoms with Crippen LogP contribution in [0, 0.1) is 3.57 Å². The molecule has 0 aromatic carbocycles. The van der Waals surface area contributed by atoms with Crippen LogP contribution in [0.25, 0.3) is 0 Å². The van der Waals surface area contributed by atoms with Gasteiger partial charge in [0.15, 0.2) is 0 Å². The molecule has 16 heavy (non-hydrogen) atoms. The first-order chi connectivity index (χ1) is 7.70. The number of nitrogens with zero attached hydrogens (tertiary/aromatic N) is 2. The highest BCUT2D eigenvalue weighted by molar-refractivity contribution is 14.1. The molecule has 0 aliphatic heterocycles. The molecule has 0 atom stereocenters. The van der Waals surface area contributed by atoms with Gasteiger partial charge in [0.05, 0.1) is 6.33 Å². The first-order valence-electron chi connectivity index (χ1n) is 5.66. The van der Waals surface area contributed by atoms with Gasteiger partial charge in [-0.1, -0.05) is 19.3 Å². The van der Waals surface area contributed by atoms with Gasteiger partial charge in [-0.3, -0.25) is 4.79 Å². The fraction of sp³-hybridized carbons (Fsp3) is 0.636. The predicted octanol–water partition coefficient (Wildman–Crippen LogP) is 2.14. The Kier molecular flexibility index (Phi) is 3.83. The maximum atomic E-state index is 11.5. The van der Waals surface area contributed by atoms with Crippen molar-refractivity contribution >= 4 is 28.4 Å². The molecule has 0 bridgehead atoms. The summed E-state index contributed by atoms with van der Waals surface area (Å²) in [5.74, 6) is 0.816. The lowest BCUT2D eigenvalue weighted by Gasteiger charge is -2.32. The summed E-state index contributed by atoms with van der Waals surface area (Å²) < 4.78 is 0.688. The minimum absolute atomic E-state index is 0.0479. The molecule has 5 heteroatoms. The van der Waals surface area contributed by atoms with Gasteiger partial charge in [-0.05, 0) is 35.4 Å². The number of halogens is 1. The van der Waals surface area contributed by atoms with Crippen molar-refractivity contribution in [1.29, 1.82) is 0 Å². The highest BCUT2D eigenvalue weighted by Gasteiger charge is 2.21. The molecule has 4 nitrogen and oxygen atoms in total.